The molecule has 0 aliphatic heterocycles. The summed E-state index contributed by atoms with van der Waals surface area (Å²) in [6, 6.07) is 6.48. The zero-order chi connectivity index (χ0) is 8.97. The van der Waals surface area contributed by atoms with Crippen LogP contribution in [0.5, 0.6) is 0 Å². The van der Waals surface area contributed by atoms with Crippen LogP contribution in [0.4, 0.5) is 4.39 Å². The Bertz CT molecular complexity index is 281. The molecule has 1 nitrogen and oxygen atoms in total. The molecular weight excluding hydrogens is 153 g/mol. The number of hydrogen-bond donors (Lipinski definition) is 1. The second-order valence-corrected chi connectivity index (χ2v) is 2.76. The van der Waals surface area contributed by atoms with Crippen molar-refractivity contribution < 1.29 is 4.39 Å². The molecule has 0 aromatic heterocycles. The molecule has 0 heterocycles. The minimum atomic E-state index is -0.211. The van der Waals surface area contributed by atoms with E-state index in [1.165, 1.54) is 12.1 Å². The van der Waals surface area contributed by atoms with Crippen LogP contribution in [0, 0.1) is 5.82 Å². The van der Waals surface area contributed by atoms with E-state index in [0.29, 0.717) is 13.0 Å². The van der Waals surface area contributed by atoms with Gasteiger partial charge in [-0.15, -0.1) is 0 Å². The first-order chi connectivity index (χ1) is 5.72. The fourth-order valence-corrected chi connectivity index (χ4v) is 1.01. The van der Waals surface area contributed by atoms with E-state index in [2.05, 4.69) is 6.58 Å². The fourth-order valence-electron chi connectivity index (χ4n) is 1.01. The van der Waals surface area contributed by atoms with Gasteiger partial charge in [0.1, 0.15) is 5.82 Å². The maximum absolute atomic E-state index is 12.7. The van der Waals surface area contributed by atoms with Crippen LogP contribution in [0.25, 0.3) is 0 Å². The summed E-state index contributed by atoms with van der Waals surface area (Å²) in [4.78, 5) is 0. The lowest BCUT2D eigenvalue weighted by molar-refractivity contribution is 0.626. The molecule has 0 spiro atoms. The topological polar surface area (TPSA) is 26.0 Å². The van der Waals surface area contributed by atoms with Crippen LogP contribution in [-0.2, 0) is 6.42 Å². The molecule has 0 amide bonds. The monoisotopic (exact) mass is 165 g/mol. The summed E-state index contributed by atoms with van der Waals surface area (Å²) in [6.45, 7) is 4.21. The molecular formula is C10H12FN. The third-order valence-electron chi connectivity index (χ3n) is 1.63. The van der Waals surface area contributed by atoms with Gasteiger partial charge in [0.25, 0.3) is 0 Å². The summed E-state index contributed by atoms with van der Waals surface area (Å²) in [5.41, 5.74) is 7.20. The molecule has 0 saturated carbocycles. The van der Waals surface area contributed by atoms with E-state index in [-0.39, 0.29) is 5.82 Å². The molecule has 12 heavy (non-hydrogen) atoms. The van der Waals surface area contributed by atoms with Crippen LogP contribution in [0.2, 0.25) is 0 Å². The number of benzene rings is 1. The molecule has 2 N–H and O–H groups in total. The zero-order valence-electron chi connectivity index (χ0n) is 6.89. The van der Waals surface area contributed by atoms with E-state index in [9.17, 15) is 4.39 Å². The molecule has 0 unspecified atom stereocenters. The Morgan fingerprint density at radius 3 is 2.83 bits per heavy atom. The Balaban J connectivity index is 2.69. The Kier molecular flexibility index (Phi) is 3.00. The molecule has 2 heteroatoms. The van der Waals surface area contributed by atoms with Crippen LogP contribution in [0.1, 0.15) is 5.56 Å². The van der Waals surface area contributed by atoms with Gasteiger partial charge in [0.15, 0.2) is 0 Å². The molecule has 0 aliphatic carbocycles. The number of hydrogen-bond acceptors (Lipinski definition) is 1. The molecule has 0 radical (unpaired) electrons. The van der Waals surface area contributed by atoms with Gasteiger partial charge in [-0.25, -0.2) is 4.39 Å². The molecule has 1 aromatic carbocycles. The number of rotatable bonds is 3. The van der Waals surface area contributed by atoms with Gasteiger partial charge in [0, 0.05) is 6.54 Å². The van der Waals surface area contributed by atoms with Crippen molar-refractivity contribution in [2.75, 3.05) is 6.54 Å². The highest BCUT2D eigenvalue weighted by Gasteiger charge is 1.96. The van der Waals surface area contributed by atoms with E-state index in [1.807, 2.05) is 6.07 Å². The zero-order valence-corrected chi connectivity index (χ0v) is 6.89. The summed E-state index contributed by atoms with van der Waals surface area (Å²) >= 11 is 0. The summed E-state index contributed by atoms with van der Waals surface area (Å²) in [7, 11) is 0. The predicted molar refractivity (Wildman–Crippen MR) is 48.3 cm³/mol. The normalized spacial score (nSPS) is 9.83. The van der Waals surface area contributed by atoms with Gasteiger partial charge in [0.2, 0.25) is 0 Å². The minimum absolute atomic E-state index is 0.211. The van der Waals surface area contributed by atoms with Gasteiger partial charge in [0.05, 0.1) is 0 Å². The first-order valence-corrected chi connectivity index (χ1v) is 3.83. The third-order valence-corrected chi connectivity index (χ3v) is 1.63. The summed E-state index contributed by atoms with van der Waals surface area (Å²) in [5.74, 6) is -0.211. The van der Waals surface area contributed by atoms with Gasteiger partial charge in [-0.05, 0) is 24.1 Å². The lowest BCUT2D eigenvalue weighted by Crippen LogP contribution is -2.04. The van der Waals surface area contributed by atoms with Crippen molar-refractivity contribution in [2.45, 2.75) is 6.42 Å². The molecule has 0 bridgehead atoms. The first kappa shape index (κ1) is 8.94. The summed E-state index contributed by atoms with van der Waals surface area (Å²) < 4.78 is 12.7. The van der Waals surface area contributed by atoms with E-state index in [0.717, 1.165) is 11.1 Å². The summed E-state index contributed by atoms with van der Waals surface area (Å²) in [5, 5.41) is 0. The van der Waals surface area contributed by atoms with Gasteiger partial charge >= 0.3 is 0 Å². The van der Waals surface area contributed by atoms with Crippen molar-refractivity contribution in [2.24, 2.45) is 5.73 Å². The molecule has 0 atom stereocenters. The van der Waals surface area contributed by atoms with Crippen LogP contribution < -0.4 is 5.73 Å². The van der Waals surface area contributed by atoms with E-state index in [4.69, 9.17) is 5.73 Å². The van der Waals surface area contributed by atoms with Gasteiger partial charge < -0.3 is 5.73 Å². The van der Waals surface area contributed by atoms with Crippen molar-refractivity contribution in [1.29, 1.82) is 0 Å². The van der Waals surface area contributed by atoms with Gasteiger partial charge in [-0.2, -0.15) is 0 Å². The lowest BCUT2D eigenvalue weighted by Gasteiger charge is -2.01. The lowest BCUT2D eigenvalue weighted by atomic mass is 10.1. The first-order valence-electron chi connectivity index (χ1n) is 3.83. The quantitative estimate of drug-likeness (QED) is 0.680. The second kappa shape index (κ2) is 4.02. The average molecular weight is 165 g/mol. The largest absolute Gasteiger partial charge is 0.327 e. The van der Waals surface area contributed by atoms with Crippen molar-refractivity contribution in [3.63, 3.8) is 0 Å². The maximum atomic E-state index is 12.7. The van der Waals surface area contributed by atoms with Crippen molar-refractivity contribution in [3.05, 3.63) is 47.8 Å². The standard InChI is InChI=1S/C10H12FN/c1-8(7-12)5-9-3-2-4-10(11)6-9/h2-4,6H,1,5,7,12H2. The molecule has 1 rings (SSSR count). The van der Waals surface area contributed by atoms with Gasteiger partial charge in [-0.1, -0.05) is 24.3 Å². The molecule has 0 fully saturated rings. The van der Waals surface area contributed by atoms with Crippen LogP contribution in [0.3, 0.4) is 0 Å². The van der Waals surface area contributed by atoms with Crippen molar-refractivity contribution >= 4 is 0 Å². The molecule has 0 aliphatic rings. The highest BCUT2D eigenvalue weighted by atomic mass is 19.1. The highest BCUT2D eigenvalue weighted by molar-refractivity contribution is 5.21. The van der Waals surface area contributed by atoms with Crippen LogP contribution in [-0.4, -0.2) is 6.54 Å². The average Bonchev–Trinajstić information content (AvgIpc) is 2.04. The Labute approximate surface area is 71.7 Å². The van der Waals surface area contributed by atoms with Crippen molar-refractivity contribution in [1.82, 2.24) is 0 Å². The number of halogens is 1. The predicted octanol–water partition coefficient (Wildman–Crippen LogP) is 1.88. The maximum Gasteiger partial charge on any atom is 0.123 e. The van der Waals surface area contributed by atoms with Crippen LogP contribution in [0.15, 0.2) is 36.4 Å². The SMILES string of the molecule is C=C(CN)Cc1cccc(F)c1. The third kappa shape index (κ3) is 2.47. The van der Waals surface area contributed by atoms with E-state index < -0.39 is 0 Å². The Morgan fingerprint density at radius 1 is 1.50 bits per heavy atom. The Hall–Kier alpha value is -1.15. The van der Waals surface area contributed by atoms with Crippen molar-refractivity contribution in [3.8, 4) is 0 Å². The molecule has 64 valence electrons. The number of nitrogens with two attached hydrogens (primary N) is 1. The smallest absolute Gasteiger partial charge is 0.123 e. The van der Waals surface area contributed by atoms with E-state index >= 15 is 0 Å². The Morgan fingerprint density at radius 2 is 2.25 bits per heavy atom. The highest BCUT2D eigenvalue weighted by Crippen LogP contribution is 2.07. The van der Waals surface area contributed by atoms with Gasteiger partial charge in [-0.3, -0.25) is 0 Å². The summed E-state index contributed by atoms with van der Waals surface area (Å²) in [6.07, 6.45) is 0.661. The molecule has 0 saturated heterocycles. The minimum Gasteiger partial charge on any atom is -0.327 e. The van der Waals surface area contributed by atoms with E-state index in [1.54, 1.807) is 6.07 Å². The fraction of sp³-hybridized carbons (Fsp3) is 0.200. The second-order valence-electron chi connectivity index (χ2n) is 2.76. The molecule has 1 aromatic rings. The van der Waals surface area contributed by atoms with Crippen LogP contribution >= 0.6 is 0 Å².